The van der Waals surface area contributed by atoms with E-state index < -0.39 is 24.0 Å². The van der Waals surface area contributed by atoms with Crippen LogP contribution < -0.4 is 17.2 Å². The van der Waals surface area contributed by atoms with Crippen LogP contribution in [0.1, 0.15) is 25.8 Å². The maximum atomic E-state index is 10.6. The molecule has 0 bridgehead atoms. The largest absolute Gasteiger partial charge is 0.480 e. The number of amides is 1. The highest BCUT2D eigenvalue weighted by Crippen LogP contribution is 2.04. The van der Waals surface area contributed by atoms with Crippen LogP contribution in [-0.4, -0.2) is 29.1 Å². The number of carbonyl (C=O) groups excluding carboxylic acids is 1. The second-order valence-electron chi connectivity index (χ2n) is 4.95. The zero-order chi connectivity index (χ0) is 16.4. The molecule has 1 rings (SSSR count). The van der Waals surface area contributed by atoms with Crippen molar-refractivity contribution in [3.8, 4) is 0 Å². The van der Waals surface area contributed by atoms with Crippen molar-refractivity contribution in [2.24, 2.45) is 23.1 Å². The number of hydrogen-bond donors (Lipinski definition) is 4. The van der Waals surface area contributed by atoms with Gasteiger partial charge < -0.3 is 22.3 Å². The summed E-state index contributed by atoms with van der Waals surface area (Å²) in [6.45, 7) is 3.76. The van der Waals surface area contributed by atoms with E-state index in [1.165, 1.54) is 0 Å². The molecular weight excluding hydrogens is 270 g/mol. The third kappa shape index (κ3) is 8.06. The van der Waals surface area contributed by atoms with Crippen molar-refractivity contribution in [2.45, 2.75) is 38.8 Å². The highest BCUT2D eigenvalue weighted by Gasteiger charge is 2.17. The number of primary amides is 1. The molecule has 21 heavy (non-hydrogen) atoms. The molecule has 0 saturated carbocycles. The Bertz CT molecular complexity index is 437. The molecule has 0 aliphatic rings. The normalized spacial score (nSPS) is 14.3. The van der Waals surface area contributed by atoms with Gasteiger partial charge in [-0.1, -0.05) is 50.6 Å². The fraction of sp³-hybridized carbons (Fsp3) is 0.467. The van der Waals surface area contributed by atoms with E-state index in [-0.39, 0.29) is 5.92 Å². The van der Waals surface area contributed by atoms with Gasteiger partial charge in [0.15, 0.2) is 0 Å². The van der Waals surface area contributed by atoms with Crippen LogP contribution >= 0.6 is 0 Å². The van der Waals surface area contributed by atoms with Crippen LogP contribution in [0.15, 0.2) is 30.3 Å². The summed E-state index contributed by atoms with van der Waals surface area (Å²) in [6.07, 6.45) is 1.32. The predicted molar refractivity (Wildman–Crippen MR) is 82.4 cm³/mol. The van der Waals surface area contributed by atoms with Gasteiger partial charge in [0.25, 0.3) is 0 Å². The summed E-state index contributed by atoms with van der Waals surface area (Å²) in [7, 11) is 0. The molecule has 3 atom stereocenters. The van der Waals surface area contributed by atoms with Crippen LogP contribution in [0.4, 0.5) is 0 Å². The minimum atomic E-state index is -0.913. The number of rotatable bonds is 6. The molecule has 0 radical (unpaired) electrons. The van der Waals surface area contributed by atoms with Gasteiger partial charge in [-0.05, 0) is 17.9 Å². The zero-order valence-electron chi connectivity index (χ0n) is 12.5. The van der Waals surface area contributed by atoms with E-state index in [0.29, 0.717) is 6.42 Å². The minimum absolute atomic E-state index is 0.0718. The molecule has 0 heterocycles. The molecule has 0 aliphatic heterocycles. The second kappa shape index (κ2) is 9.90. The van der Waals surface area contributed by atoms with Crippen molar-refractivity contribution in [3.63, 3.8) is 0 Å². The predicted octanol–water partition coefficient (Wildman–Crippen LogP) is 0.486. The molecule has 1 aromatic carbocycles. The lowest BCUT2D eigenvalue weighted by molar-refractivity contribution is -0.139. The summed E-state index contributed by atoms with van der Waals surface area (Å²) in [4.78, 5) is 20.8. The van der Waals surface area contributed by atoms with Gasteiger partial charge >= 0.3 is 5.97 Å². The molecule has 118 valence electrons. The quantitative estimate of drug-likeness (QED) is 0.606. The van der Waals surface area contributed by atoms with Crippen LogP contribution in [0.3, 0.4) is 0 Å². The van der Waals surface area contributed by atoms with Crippen molar-refractivity contribution in [3.05, 3.63) is 35.9 Å². The molecule has 0 aliphatic carbocycles. The Balaban J connectivity index is 0.000000400. The fourth-order valence-electron chi connectivity index (χ4n) is 1.47. The summed E-state index contributed by atoms with van der Waals surface area (Å²) < 4.78 is 0. The van der Waals surface area contributed by atoms with E-state index in [2.05, 4.69) is 0 Å². The molecule has 7 N–H and O–H groups in total. The smallest absolute Gasteiger partial charge is 0.320 e. The van der Waals surface area contributed by atoms with Crippen molar-refractivity contribution in [1.29, 1.82) is 0 Å². The number of carbonyl (C=O) groups is 2. The van der Waals surface area contributed by atoms with E-state index in [0.717, 1.165) is 12.0 Å². The van der Waals surface area contributed by atoms with Crippen molar-refractivity contribution in [2.75, 3.05) is 0 Å². The van der Waals surface area contributed by atoms with Gasteiger partial charge in [-0.3, -0.25) is 9.59 Å². The topological polar surface area (TPSA) is 132 Å². The fourth-order valence-corrected chi connectivity index (χ4v) is 1.47. The number of aliphatic carboxylic acids is 1. The van der Waals surface area contributed by atoms with Gasteiger partial charge in [-0.25, -0.2) is 0 Å². The molecule has 0 saturated heterocycles. The number of nitrogens with two attached hydrogens (primary N) is 3. The highest BCUT2D eigenvalue weighted by atomic mass is 16.4. The Morgan fingerprint density at radius 1 is 1.19 bits per heavy atom. The first-order valence-corrected chi connectivity index (χ1v) is 6.86. The maximum Gasteiger partial charge on any atom is 0.320 e. The van der Waals surface area contributed by atoms with Crippen molar-refractivity contribution >= 4 is 11.9 Å². The molecule has 0 spiro atoms. The molecule has 0 aromatic heterocycles. The number of carboxylic acid groups (broad SMARTS) is 1. The SMILES string of the molecule is CC[C@H](C)[C@H](N)C(=O)O.NC(=O)[C@@H](N)Cc1ccccc1. The first-order chi connectivity index (χ1) is 9.79. The van der Waals surface area contributed by atoms with Crippen LogP contribution in [0.25, 0.3) is 0 Å². The van der Waals surface area contributed by atoms with Gasteiger partial charge in [-0.15, -0.1) is 0 Å². The Labute approximate surface area is 125 Å². The van der Waals surface area contributed by atoms with Gasteiger partial charge in [0.2, 0.25) is 5.91 Å². The number of hydrogen-bond acceptors (Lipinski definition) is 4. The third-order valence-electron chi connectivity index (χ3n) is 3.21. The average molecular weight is 295 g/mol. The van der Waals surface area contributed by atoms with E-state index in [1.807, 2.05) is 44.2 Å². The zero-order valence-corrected chi connectivity index (χ0v) is 12.5. The maximum absolute atomic E-state index is 10.6. The highest BCUT2D eigenvalue weighted by molar-refractivity contribution is 5.79. The first kappa shape index (κ1) is 19.1. The monoisotopic (exact) mass is 295 g/mol. The molecule has 1 aromatic rings. The lowest BCUT2D eigenvalue weighted by Gasteiger charge is -2.11. The Morgan fingerprint density at radius 2 is 1.71 bits per heavy atom. The standard InChI is InChI=1S/C9H12N2O.C6H13NO2/c10-8(9(11)12)6-7-4-2-1-3-5-7;1-3-4(2)5(7)6(8)9/h1-5,8H,6,10H2,(H2,11,12);4-5H,3,7H2,1-2H3,(H,8,9)/t8-;4-,5-/m00/s1. The summed E-state index contributed by atoms with van der Waals surface area (Å²) in [5.74, 6) is -1.30. The number of carboxylic acids is 1. The van der Waals surface area contributed by atoms with Crippen LogP contribution in [0.5, 0.6) is 0 Å². The molecule has 0 fully saturated rings. The van der Waals surface area contributed by atoms with E-state index >= 15 is 0 Å². The molecule has 0 unspecified atom stereocenters. The summed E-state index contributed by atoms with van der Waals surface area (Å²) >= 11 is 0. The van der Waals surface area contributed by atoms with Crippen molar-refractivity contribution < 1.29 is 14.7 Å². The van der Waals surface area contributed by atoms with E-state index in [1.54, 1.807) is 0 Å². The first-order valence-electron chi connectivity index (χ1n) is 6.86. The average Bonchev–Trinajstić information content (AvgIpc) is 2.47. The lowest BCUT2D eigenvalue weighted by atomic mass is 10.0. The van der Waals surface area contributed by atoms with Crippen LogP contribution in [0.2, 0.25) is 0 Å². The van der Waals surface area contributed by atoms with Gasteiger partial charge in [0.1, 0.15) is 6.04 Å². The summed E-state index contributed by atoms with van der Waals surface area (Å²) in [6, 6.07) is 8.29. The van der Waals surface area contributed by atoms with Crippen molar-refractivity contribution in [1.82, 2.24) is 0 Å². The second-order valence-corrected chi connectivity index (χ2v) is 4.95. The van der Waals surface area contributed by atoms with E-state index in [9.17, 15) is 9.59 Å². The van der Waals surface area contributed by atoms with Gasteiger partial charge in [-0.2, -0.15) is 0 Å². The molecule has 6 nitrogen and oxygen atoms in total. The molecule has 1 amide bonds. The van der Waals surface area contributed by atoms with Gasteiger partial charge in [0.05, 0.1) is 6.04 Å². The number of benzene rings is 1. The Hall–Kier alpha value is -1.92. The van der Waals surface area contributed by atoms with E-state index in [4.69, 9.17) is 22.3 Å². The van der Waals surface area contributed by atoms with Crippen LogP contribution in [-0.2, 0) is 16.0 Å². The Kier molecular flexibility index (Phi) is 9.00. The van der Waals surface area contributed by atoms with Gasteiger partial charge in [0, 0.05) is 0 Å². The Morgan fingerprint density at radius 3 is 2.05 bits per heavy atom. The molecular formula is C15H25N3O3. The minimum Gasteiger partial charge on any atom is -0.480 e. The summed E-state index contributed by atoms with van der Waals surface area (Å²) in [5.41, 5.74) is 16.8. The lowest BCUT2D eigenvalue weighted by Crippen LogP contribution is -2.38. The molecule has 6 heteroatoms. The van der Waals surface area contributed by atoms with Crippen LogP contribution in [0, 0.1) is 5.92 Å². The summed E-state index contributed by atoms with van der Waals surface area (Å²) in [5, 5.41) is 8.36. The third-order valence-corrected chi connectivity index (χ3v) is 3.21.